The van der Waals surface area contributed by atoms with Crippen LogP contribution in [-0.2, 0) is 65.4 Å². The molecule has 0 saturated carbocycles. The topological polar surface area (TPSA) is 237 Å². The van der Waals surface area contributed by atoms with Gasteiger partial charge in [0.15, 0.2) is 12.2 Å². The summed E-state index contributed by atoms with van der Waals surface area (Å²) < 4.78 is 69.0. The molecular formula is C87H170O17P2. The monoisotopic (exact) mass is 1550 g/mol. The number of phosphoric ester groups is 2. The Morgan fingerprint density at radius 2 is 0.434 bits per heavy atom. The van der Waals surface area contributed by atoms with E-state index in [2.05, 4.69) is 34.6 Å². The molecule has 17 nitrogen and oxygen atoms in total. The van der Waals surface area contributed by atoms with Gasteiger partial charge < -0.3 is 33.8 Å². The zero-order chi connectivity index (χ0) is 77.6. The van der Waals surface area contributed by atoms with E-state index in [-0.39, 0.29) is 25.7 Å². The Kier molecular flexibility index (Phi) is 78.2. The lowest BCUT2D eigenvalue weighted by Crippen LogP contribution is -2.30. The quantitative estimate of drug-likeness (QED) is 0.0222. The van der Waals surface area contributed by atoms with Gasteiger partial charge in [-0.1, -0.05) is 420 Å². The summed E-state index contributed by atoms with van der Waals surface area (Å²) >= 11 is 0. The Balaban J connectivity index is 5.26. The molecule has 0 radical (unpaired) electrons. The van der Waals surface area contributed by atoms with E-state index in [1.807, 2.05) is 0 Å². The van der Waals surface area contributed by atoms with Crippen LogP contribution >= 0.6 is 15.6 Å². The van der Waals surface area contributed by atoms with Crippen molar-refractivity contribution in [2.24, 2.45) is 5.92 Å². The van der Waals surface area contributed by atoms with E-state index in [0.29, 0.717) is 25.7 Å². The van der Waals surface area contributed by atoms with Crippen molar-refractivity contribution in [3.8, 4) is 0 Å². The Labute approximate surface area is 651 Å². The molecule has 0 rings (SSSR count). The van der Waals surface area contributed by atoms with Crippen LogP contribution in [0.2, 0.25) is 0 Å². The summed E-state index contributed by atoms with van der Waals surface area (Å²) in [7, 11) is -9.93. The second-order valence-electron chi connectivity index (χ2n) is 31.8. The number of ether oxygens (including phenoxy) is 4. The van der Waals surface area contributed by atoms with Crippen molar-refractivity contribution in [1.29, 1.82) is 0 Å². The van der Waals surface area contributed by atoms with Crippen LogP contribution in [0, 0.1) is 5.92 Å². The van der Waals surface area contributed by atoms with Gasteiger partial charge in [0.05, 0.1) is 26.4 Å². The van der Waals surface area contributed by atoms with Crippen LogP contribution in [0.15, 0.2) is 0 Å². The summed E-state index contributed by atoms with van der Waals surface area (Å²) in [6.07, 6.45) is 73.4. The molecule has 630 valence electrons. The van der Waals surface area contributed by atoms with Crippen molar-refractivity contribution in [3.05, 3.63) is 0 Å². The highest BCUT2D eigenvalue weighted by Gasteiger charge is 2.30. The first-order valence-corrected chi connectivity index (χ1v) is 48.1. The minimum atomic E-state index is -4.97. The smallest absolute Gasteiger partial charge is 0.462 e. The van der Waals surface area contributed by atoms with Crippen molar-refractivity contribution in [2.45, 2.75) is 490 Å². The predicted octanol–water partition coefficient (Wildman–Crippen LogP) is 26.8. The van der Waals surface area contributed by atoms with E-state index in [9.17, 15) is 43.2 Å². The Morgan fingerprint density at radius 3 is 0.642 bits per heavy atom. The number of carbonyl (C=O) groups is 4. The standard InChI is InChI=1S/C87H170O17P2/c1-6-9-12-15-18-21-24-27-29-31-33-35-41-46-51-56-61-66-71-85(90)98-77-83(103-86(91)72-67-62-57-52-47-42-36-34-32-30-28-25-22-19-16-13-10-7-2)79-102-106(95,96)100-75-81(88)74-99-105(93,94)101-78-82(76-97-84(89)70-65-60-55-50-45-39-26-23-20-17-14-11-8-3)104-87(92)73-68-63-58-53-48-43-38-37-40-44-49-54-59-64-69-80(4)5/h80-83,88H,6-79H2,1-5H3,(H,93,94)(H,95,96)/t81-,82+,83+/m0/s1. The van der Waals surface area contributed by atoms with Gasteiger partial charge in [0, 0.05) is 25.7 Å². The molecule has 106 heavy (non-hydrogen) atoms. The third-order valence-electron chi connectivity index (χ3n) is 20.5. The van der Waals surface area contributed by atoms with Crippen molar-refractivity contribution in [2.75, 3.05) is 39.6 Å². The molecule has 0 amide bonds. The lowest BCUT2D eigenvalue weighted by Gasteiger charge is -2.21. The number of esters is 4. The van der Waals surface area contributed by atoms with Gasteiger partial charge in [-0.05, 0) is 31.6 Å². The molecule has 0 spiro atoms. The average Bonchev–Trinajstić information content (AvgIpc) is 0.903. The summed E-state index contributed by atoms with van der Waals surface area (Å²) in [5, 5.41) is 10.7. The second kappa shape index (κ2) is 79.7. The van der Waals surface area contributed by atoms with Gasteiger partial charge in [-0.2, -0.15) is 0 Å². The summed E-state index contributed by atoms with van der Waals surface area (Å²) in [6, 6.07) is 0. The number of aliphatic hydroxyl groups is 1. The van der Waals surface area contributed by atoms with Crippen LogP contribution in [0.1, 0.15) is 471 Å². The Hall–Kier alpha value is -1.94. The van der Waals surface area contributed by atoms with E-state index in [1.165, 1.54) is 295 Å². The first-order chi connectivity index (χ1) is 51.5. The maximum Gasteiger partial charge on any atom is 0.472 e. The molecule has 0 aliphatic carbocycles. The minimum Gasteiger partial charge on any atom is -0.462 e. The van der Waals surface area contributed by atoms with Gasteiger partial charge >= 0.3 is 39.5 Å². The highest BCUT2D eigenvalue weighted by molar-refractivity contribution is 7.47. The maximum atomic E-state index is 13.2. The number of unbranched alkanes of at least 4 members (excludes halogenated alkanes) is 59. The Bertz CT molecular complexity index is 2010. The van der Waals surface area contributed by atoms with E-state index >= 15 is 0 Å². The van der Waals surface area contributed by atoms with E-state index in [0.717, 1.165) is 95.8 Å². The minimum absolute atomic E-state index is 0.108. The molecule has 5 atom stereocenters. The lowest BCUT2D eigenvalue weighted by atomic mass is 10.0. The molecule has 0 saturated heterocycles. The van der Waals surface area contributed by atoms with Crippen LogP contribution in [0.25, 0.3) is 0 Å². The van der Waals surface area contributed by atoms with Crippen molar-refractivity contribution >= 4 is 39.5 Å². The number of aliphatic hydroxyl groups excluding tert-OH is 1. The Morgan fingerprint density at radius 1 is 0.255 bits per heavy atom. The highest BCUT2D eigenvalue weighted by Crippen LogP contribution is 2.45. The highest BCUT2D eigenvalue weighted by atomic mass is 31.2. The molecule has 0 aliphatic rings. The average molecular weight is 1550 g/mol. The molecule has 0 bridgehead atoms. The number of hydrogen-bond acceptors (Lipinski definition) is 15. The van der Waals surface area contributed by atoms with Gasteiger partial charge in [-0.3, -0.25) is 37.3 Å². The third-order valence-corrected chi connectivity index (χ3v) is 22.4. The van der Waals surface area contributed by atoms with Gasteiger partial charge in [0.2, 0.25) is 0 Å². The molecule has 0 aromatic rings. The molecule has 0 fully saturated rings. The van der Waals surface area contributed by atoms with Crippen molar-refractivity contribution < 1.29 is 80.2 Å². The molecule has 0 aliphatic heterocycles. The first kappa shape index (κ1) is 104. The van der Waals surface area contributed by atoms with Gasteiger partial charge in [-0.25, -0.2) is 9.13 Å². The van der Waals surface area contributed by atoms with Gasteiger partial charge in [0.25, 0.3) is 0 Å². The number of rotatable bonds is 87. The summed E-state index contributed by atoms with van der Waals surface area (Å²) in [5.41, 5.74) is 0. The fourth-order valence-electron chi connectivity index (χ4n) is 13.6. The number of carbonyl (C=O) groups excluding carboxylic acids is 4. The van der Waals surface area contributed by atoms with Crippen LogP contribution < -0.4 is 0 Å². The normalized spacial score (nSPS) is 13.7. The largest absolute Gasteiger partial charge is 0.472 e. The van der Waals surface area contributed by atoms with Gasteiger partial charge in [0.1, 0.15) is 19.3 Å². The molecule has 19 heteroatoms. The predicted molar refractivity (Wildman–Crippen MR) is 437 cm³/mol. The van der Waals surface area contributed by atoms with Crippen LogP contribution in [-0.4, -0.2) is 96.7 Å². The fraction of sp³-hybridized carbons (Fsp3) is 0.954. The number of hydrogen-bond donors (Lipinski definition) is 3. The van der Waals surface area contributed by atoms with Crippen LogP contribution in [0.4, 0.5) is 0 Å². The van der Waals surface area contributed by atoms with E-state index in [1.54, 1.807) is 0 Å². The molecular weight excluding hydrogens is 1380 g/mol. The third kappa shape index (κ3) is 80.1. The molecule has 0 aromatic carbocycles. The van der Waals surface area contributed by atoms with Gasteiger partial charge in [-0.15, -0.1) is 0 Å². The number of phosphoric acid groups is 2. The summed E-state index contributed by atoms with van der Waals surface area (Å²) in [5.74, 6) is -1.30. The van der Waals surface area contributed by atoms with Crippen LogP contribution in [0.5, 0.6) is 0 Å². The molecule has 3 N–H and O–H groups in total. The van der Waals surface area contributed by atoms with Crippen molar-refractivity contribution in [1.82, 2.24) is 0 Å². The fourth-order valence-corrected chi connectivity index (χ4v) is 15.2. The lowest BCUT2D eigenvalue weighted by molar-refractivity contribution is -0.161. The molecule has 0 aromatic heterocycles. The second-order valence-corrected chi connectivity index (χ2v) is 34.7. The molecule has 2 unspecified atom stereocenters. The van der Waals surface area contributed by atoms with E-state index < -0.39 is 97.5 Å². The first-order valence-electron chi connectivity index (χ1n) is 45.1. The zero-order valence-corrected chi connectivity index (χ0v) is 71.4. The summed E-state index contributed by atoms with van der Waals surface area (Å²) in [6.45, 7) is 7.40. The van der Waals surface area contributed by atoms with Crippen molar-refractivity contribution in [3.63, 3.8) is 0 Å². The zero-order valence-electron chi connectivity index (χ0n) is 69.6. The van der Waals surface area contributed by atoms with Crippen LogP contribution in [0.3, 0.4) is 0 Å². The molecule has 0 heterocycles. The SMILES string of the molecule is CCCCCCCCCCCCCCCCCCCCC(=O)OC[C@H](COP(=O)(O)OC[C@@H](O)COP(=O)(O)OC[C@@H](COC(=O)CCCCCCCCCCCCCCC)OC(=O)CCCCCCCCCCCCCCCCC(C)C)OC(=O)CCCCCCCCCCCCCCCCCCCC. The maximum absolute atomic E-state index is 13.2. The summed E-state index contributed by atoms with van der Waals surface area (Å²) in [4.78, 5) is 73.3. The van der Waals surface area contributed by atoms with E-state index in [4.69, 9.17) is 37.0 Å².